The summed E-state index contributed by atoms with van der Waals surface area (Å²) in [5.74, 6) is -1.90. The molecule has 3 aromatic rings. The number of alkyl halides is 3. The zero-order chi connectivity index (χ0) is 22.6. The molecule has 0 bridgehead atoms. The van der Waals surface area contributed by atoms with Crippen LogP contribution in [0.4, 0.5) is 18.9 Å². The first-order valence-electron chi connectivity index (χ1n) is 10.2. The summed E-state index contributed by atoms with van der Waals surface area (Å²) in [7, 11) is 0. The number of fused-ring (bicyclic) bond motifs is 1. The minimum atomic E-state index is -4.85. The fourth-order valence-electron chi connectivity index (χ4n) is 3.66. The molecule has 1 aromatic heterocycles. The highest BCUT2D eigenvalue weighted by Gasteiger charge is 2.43. The van der Waals surface area contributed by atoms with Crippen LogP contribution < -0.4 is 4.90 Å². The van der Waals surface area contributed by atoms with Crippen LogP contribution in [0.2, 0.25) is 0 Å². The van der Waals surface area contributed by atoms with Gasteiger partial charge in [0, 0.05) is 48.9 Å². The van der Waals surface area contributed by atoms with E-state index in [4.69, 9.17) is 0 Å². The molecule has 2 heterocycles. The van der Waals surface area contributed by atoms with Crippen LogP contribution in [-0.4, -0.2) is 53.9 Å². The highest BCUT2D eigenvalue weighted by Crippen LogP contribution is 2.30. The Morgan fingerprint density at radius 3 is 2.16 bits per heavy atom. The van der Waals surface area contributed by atoms with Crippen molar-refractivity contribution in [3.05, 3.63) is 65.9 Å². The monoisotopic (exact) mass is 431 g/mol. The largest absolute Gasteiger partial charge is 0.471 e. The van der Waals surface area contributed by atoms with E-state index in [9.17, 15) is 22.8 Å². The van der Waals surface area contributed by atoms with Crippen molar-refractivity contribution in [2.45, 2.75) is 20.0 Å². The molecule has 0 aliphatic carbocycles. The molecule has 0 spiro atoms. The molecule has 5 nitrogen and oxygen atoms in total. The number of halogens is 3. The Morgan fingerprint density at radius 2 is 1.55 bits per heavy atom. The number of nitrogens with zero attached hydrogens (tertiary/aromatic N) is 2. The number of H-pyrrole nitrogens is 1. The van der Waals surface area contributed by atoms with Gasteiger partial charge in [0.05, 0.1) is 11.2 Å². The first kappa shape index (κ1) is 22.4. The third kappa shape index (κ3) is 4.57. The molecule has 1 amide bonds. The van der Waals surface area contributed by atoms with Crippen LogP contribution in [0.1, 0.15) is 29.8 Å². The Balaban J connectivity index is 0.00000132. The minimum Gasteiger partial charge on any atom is -0.366 e. The van der Waals surface area contributed by atoms with Gasteiger partial charge in [-0.2, -0.15) is 13.2 Å². The van der Waals surface area contributed by atoms with Crippen LogP contribution >= 0.6 is 0 Å². The van der Waals surface area contributed by atoms with Gasteiger partial charge in [0.15, 0.2) is 5.78 Å². The van der Waals surface area contributed by atoms with E-state index < -0.39 is 12.1 Å². The lowest BCUT2D eigenvalue weighted by molar-refractivity contribution is -0.185. The van der Waals surface area contributed by atoms with Crippen LogP contribution in [-0.2, 0) is 4.79 Å². The predicted molar refractivity (Wildman–Crippen MR) is 114 cm³/mol. The van der Waals surface area contributed by atoms with E-state index in [1.54, 1.807) is 30.5 Å². The number of ketones is 1. The second-order valence-corrected chi connectivity index (χ2v) is 6.87. The summed E-state index contributed by atoms with van der Waals surface area (Å²) in [6.07, 6.45) is -3.19. The molecule has 1 N–H and O–H groups in total. The van der Waals surface area contributed by atoms with Crippen LogP contribution in [0.5, 0.6) is 0 Å². The van der Waals surface area contributed by atoms with Gasteiger partial charge in [0.25, 0.3) is 0 Å². The van der Waals surface area contributed by atoms with E-state index >= 15 is 0 Å². The van der Waals surface area contributed by atoms with Crippen LogP contribution in [0, 0.1) is 0 Å². The molecule has 0 saturated carbocycles. The number of rotatable bonds is 3. The number of nitrogens with one attached hydrogen (secondary N) is 1. The number of hydrogen-bond donors (Lipinski definition) is 1. The summed E-state index contributed by atoms with van der Waals surface area (Å²) >= 11 is 0. The molecule has 1 aliphatic heterocycles. The van der Waals surface area contributed by atoms with Gasteiger partial charge >= 0.3 is 12.1 Å². The normalized spacial score (nSPS) is 14.2. The molecular weight excluding hydrogens is 407 g/mol. The number of para-hydroxylation sites is 1. The molecule has 31 heavy (non-hydrogen) atoms. The molecule has 0 unspecified atom stereocenters. The number of aromatic amines is 1. The van der Waals surface area contributed by atoms with Crippen molar-refractivity contribution in [3.63, 3.8) is 0 Å². The molecule has 1 saturated heterocycles. The number of piperazine rings is 1. The Labute approximate surface area is 178 Å². The standard InChI is InChI=1S/C21H18F3N3O2.C2H6/c22-21(23,24)20(29)27-11-9-26(10-12-27)17-8-4-7-15-16(13-25-18(15)17)19(28)14-5-2-1-3-6-14;1-2/h1-8,13,25H,9-12H2;1-2H3. The predicted octanol–water partition coefficient (Wildman–Crippen LogP) is 4.64. The van der Waals surface area contributed by atoms with Gasteiger partial charge < -0.3 is 14.8 Å². The van der Waals surface area contributed by atoms with E-state index in [0.717, 1.165) is 21.5 Å². The fraction of sp³-hybridized carbons (Fsp3) is 0.304. The fourth-order valence-corrected chi connectivity index (χ4v) is 3.66. The second kappa shape index (κ2) is 9.24. The molecular formula is C23H24F3N3O2. The number of amides is 1. The molecule has 0 radical (unpaired) electrons. The molecule has 0 atom stereocenters. The van der Waals surface area contributed by atoms with Crippen molar-refractivity contribution >= 4 is 28.3 Å². The summed E-state index contributed by atoms with van der Waals surface area (Å²) in [6, 6.07) is 14.5. The quantitative estimate of drug-likeness (QED) is 0.615. The van der Waals surface area contributed by atoms with Crippen molar-refractivity contribution in [3.8, 4) is 0 Å². The Kier molecular flexibility index (Phi) is 6.68. The number of carbonyl (C=O) groups excluding carboxylic acids is 2. The van der Waals surface area contributed by atoms with E-state index in [1.165, 1.54) is 0 Å². The zero-order valence-corrected chi connectivity index (χ0v) is 17.4. The number of carbonyl (C=O) groups is 2. The second-order valence-electron chi connectivity index (χ2n) is 6.87. The average molecular weight is 431 g/mol. The maximum absolute atomic E-state index is 12.8. The zero-order valence-electron chi connectivity index (χ0n) is 17.4. The first-order valence-corrected chi connectivity index (χ1v) is 10.2. The van der Waals surface area contributed by atoms with Crippen LogP contribution in [0.25, 0.3) is 10.9 Å². The maximum atomic E-state index is 12.8. The van der Waals surface area contributed by atoms with Gasteiger partial charge in [-0.15, -0.1) is 0 Å². The van der Waals surface area contributed by atoms with Crippen LogP contribution in [0.15, 0.2) is 54.7 Å². The van der Waals surface area contributed by atoms with Gasteiger partial charge in [0.1, 0.15) is 0 Å². The summed E-state index contributed by atoms with van der Waals surface area (Å²) < 4.78 is 37.9. The van der Waals surface area contributed by atoms with Crippen molar-refractivity contribution < 1.29 is 22.8 Å². The van der Waals surface area contributed by atoms with Crippen molar-refractivity contribution in [2.75, 3.05) is 31.1 Å². The average Bonchev–Trinajstić information content (AvgIpc) is 3.24. The van der Waals surface area contributed by atoms with Gasteiger partial charge in [-0.3, -0.25) is 9.59 Å². The maximum Gasteiger partial charge on any atom is 0.471 e. The number of aromatic nitrogens is 1. The number of hydrogen-bond acceptors (Lipinski definition) is 3. The van der Waals surface area contributed by atoms with Gasteiger partial charge in [0.2, 0.25) is 0 Å². The number of benzene rings is 2. The summed E-state index contributed by atoms with van der Waals surface area (Å²) in [6.45, 7) is 4.54. The highest BCUT2D eigenvalue weighted by molar-refractivity contribution is 6.17. The Bertz CT molecular complexity index is 1050. The van der Waals surface area contributed by atoms with E-state index in [1.807, 2.05) is 43.0 Å². The van der Waals surface area contributed by atoms with Gasteiger partial charge in [-0.25, -0.2) is 0 Å². The topological polar surface area (TPSA) is 56.4 Å². The molecule has 1 fully saturated rings. The smallest absolute Gasteiger partial charge is 0.366 e. The third-order valence-corrected chi connectivity index (χ3v) is 5.12. The molecule has 164 valence electrons. The summed E-state index contributed by atoms with van der Waals surface area (Å²) in [4.78, 5) is 30.2. The summed E-state index contributed by atoms with van der Waals surface area (Å²) in [5.41, 5.74) is 2.67. The Hall–Kier alpha value is -3.29. The third-order valence-electron chi connectivity index (χ3n) is 5.12. The lowest BCUT2D eigenvalue weighted by Gasteiger charge is -2.36. The van der Waals surface area contributed by atoms with E-state index in [-0.39, 0.29) is 32.0 Å². The molecule has 2 aromatic carbocycles. The summed E-state index contributed by atoms with van der Waals surface area (Å²) in [5, 5.41) is 0.755. The molecule has 8 heteroatoms. The van der Waals surface area contributed by atoms with Crippen LogP contribution in [0.3, 0.4) is 0 Å². The number of anilines is 1. The first-order chi connectivity index (χ1) is 14.9. The lowest BCUT2D eigenvalue weighted by atomic mass is 10.0. The van der Waals surface area contributed by atoms with Gasteiger partial charge in [-0.1, -0.05) is 56.3 Å². The van der Waals surface area contributed by atoms with Crippen molar-refractivity contribution in [1.29, 1.82) is 0 Å². The molecule has 1 aliphatic rings. The minimum absolute atomic E-state index is 0.00869. The van der Waals surface area contributed by atoms with E-state index in [0.29, 0.717) is 11.1 Å². The lowest BCUT2D eigenvalue weighted by Crippen LogP contribution is -2.52. The van der Waals surface area contributed by atoms with Crippen molar-refractivity contribution in [1.82, 2.24) is 9.88 Å². The molecule has 4 rings (SSSR count). The highest BCUT2D eigenvalue weighted by atomic mass is 19.4. The van der Waals surface area contributed by atoms with Crippen molar-refractivity contribution in [2.24, 2.45) is 0 Å². The van der Waals surface area contributed by atoms with E-state index in [2.05, 4.69) is 4.98 Å². The Morgan fingerprint density at radius 1 is 0.903 bits per heavy atom. The van der Waals surface area contributed by atoms with Gasteiger partial charge in [-0.05, 0) is 6.07 Å². The SMILES string of the molecule is CC.O=C(c1ccccc1)c1c[nH]c2c(N3CCN(C(=O)C(F)(F)F)CC3)cccc12.